The van der Waals surface area contributed by atoms with Gasteiger partial charge in [-0.25, -0.2) is 4.79 Å². The molecule has 2 heterocycles. The van der Waals surface area contributed by atoms with E-state index < -0.39 is 0 Å². The van der Waals surface area contributed by atoms with Crippen molar-refractivity contribution in [1.82, 2.24) is 14.7 Å². The summed E-state index contributed by atoms with van der Waals surface area (Å²) < 4.78 is 0. The van der Waals surface area contributed by atoms with E-state index in [0.717, 1.165) is 30.8 Å². The van der Waals surface area contributed by atoms with E-state index >= 15 is 0 Å². The van der Waals surface area contributed by atoms with Gasteiger partial charge < -0.3 is 15.1 Å². The largest absolute Gasteiger partial charge is 0.345 e. The van der Waals surface area contributed by atoms with Crippen LogP contribution in [0.2, 0.25) is 0 Å². The second-order valence-corrected chi connectivity index (χ2v) is 7.29. The Morgan fingerprint density at radius 2 is 1.88 bits per heavy atom. The van der Waals surface area contributed by atoms with Crippen molar-refractivity contribution in [1.29, 1.82) is 0 Å². The van der Waals surface area contributed by atoms with Crippen LogP contribution in [-0.4, -0.2) is 73.0 Å². The number of aryl methyl sites for hydroxylation is 1. The van der Waals surface area contributed by atoms with Crippen LogP contribution >= 0.6 is 0 Å². The topological polar surface area (TPSA) is 55.9 Å². The lowest BCUT2D eigenvalue weighted by atomic mass is 10.1. The lowest BCUT2D eigenvalue weighted by Gasteiger charge is -2.23. The van der Waals surface area contributed by atoms with Crippen LogP contribution in [0.3, 0.4) is 0 Å². The highest BCUT2D eigenvalue weighted by Crippen LogP contribution is 2.22. The van der Waals surface area contributed by atoms with E-state index in [1.54, 1.807) is 31.1 Å². The molecule has 0 unspecified atom stereocenters. The normalized spacial score (nSPS) is 20.8. The molecule has 0 bridgehead atoms. The maximum Gasteiger partial charge on any atom is 0.321 e. The van der Waals surface area contributed by atoms with Gasteiger partial charge in [-0.3, -0.25) is 9.69 Å². The first-order chi connectivity index (χ1) is 12.0. The number of carbonyl (C=O) groups excluding carboxylic acids is 2. The number of nitrogens with one attached hydrogen (secondary N) is 1. The summed E-state index contributed by atoms with van der Waals surface area (Å²) in [4.78, 5) is 30.6. The summed E-state index contributed by atoms with van der Waals surface area (Å²) in [5, 5.41) is 2.97. The average Bonchev–Trinajstić information content (AvgIpc) is 3.25. The van der Waals surface area contributed by atoms with Crippen molar-refractivity contribution in [2.24, 2.45) is 0 Å². The van der Waals surface area contributed by atoms with Gasteiger partial charge in [0.15, 0.2) is 0 Å². The van der Waals surface area contributed by atoms with Crippen LogP contribution in [0, 0.1) is 6.92 Å². The smallest absolute Gasteiger partial charge is 0.321 e. The molecular formula is C19H28N4O2. The molecule has 2 saturated heterocycles. The highest BCUT2D eigenvalue weighted by atomic mass is 16.2. The number of amides is 3. The molecule has 136 valence electrons. The van der Waals surface area contributed by atoms with E-state index in [-0.39, 0.29) is 11.9 Å². The third-order valence-electron chi connectivity index (χ3n) is 5.22. The molecule has 0 aromatic heterocycles. The molecule has 0 aliphatic carbocycles. The Morgan fingerprint density at radius 3 is 2.52 bits per heavy atom. The summed E-state index contributed by atoms with van der Waals surface area (Å²) in [5.74, 6) is -0.0247. The van der Waals surface area contributed by atoms with Gasteiger partial charge in [-0.05, 0) is 63.0 Å². The van der Waals surface area contributed by atoms with Gasteiger partial charge in [-0.2, -0.15) is 0 Å². The fourth-order valence-electron chi connectivity index (χ4n) is 3.76. The highest BCUT2D eigenvalue weighted by Gasteiger charge is 2.31. The number of anilines is 1. The number of carbonyl (C=O) groups is 2. The second-order valence-electron chi connectivity index (χ2n) is 7.29. The molecule has 2 aliphatic rings. The van der Waals surface area contributed by atoms with Crippen molar-refractivity contribution in [3.05, 3.63) is 29.3 Å². The highest BCUT2D eigenvalue weighted by molar-refractivity contribution is 5.96. The summed E-state index contributed by atoms with van der Waals surface area (Å²) in [6.45, 7) is 5.85. The lowest BCUT2D eigenvalue weighted by molar-refractivity contribution is 0.0827. The predicted molar refractivity (Wildman–Crippen MR) is 99.0 cm³/mol. The average molecular weight is 344 g/mol. The van der Waals surface area contributed by atoms with Crippen LogP contribution in [0.25, 0.3) is 0 Å². The molecule has 2 aliphatic heterocycles. The number of rotatable bonds is 3. The van der Waals surface area contributed by atoms with Gasteiger partial charge in [-0.1, -0.05) is 0 Å². The van der Waals surface area contributed by atoms with E-state index in [2.05, 4.69) is 10.2 Å². The maximum atomic E-state index is 12.5. The maximum absolute atomic E-state index is 12.5. The number of hydrogen-bond donors (Lipinski definition) is 1. The Kier molecular flexibility index (Phi) is 5.27. The Balaban J connectivity index is 1.59. The molecule has 6 heteroatoms. The Hall–Kier alpha value is -2.08. The van der Waals surface area contributed by atoms with Gasteiger partial charge in [0.05, 0.1) is 0 Å². The first-order valence-electron chi connectivity index (χ1n) is 9.08. The van der Waals surface area contributed by atoms with Gasteiger partial charge in [0.1, 0.15) is 0 Å². The zero-order valence-corrected chi connectivity index (χ0v) is 15.4. The number of likely N-dealkylation sites (tertiary alicyclic amines) is 2. The van der Waals surface area contributed by atoms with Gasteiger partial charge in [0, 0.05) is 44.5 Å². The number of nitrogens with zero attached hydrogens (tertiary/aromatic N) is 3. The molecule has 2 fully saturated rings. The molecular weight excluding hydrogens is 316 g/mol. The van der Waals surface area contributed by atoms with Crippen LogP contribution in [0.1, 0.15) is 35.2 Å². The van der Waals surface area contributed by atoms with Crippen LogP contribution in [-0.2, 0) is 0 Å². The lowest BCUT2D eigenvalue weighted by Crippen LogP contribution is -2.38. The third-order valence-corrected chi connectivity index (χ3v) is 5.22. The Bertz CT molecular complexity index is 653. The monoisotopic (exact) mass is 344 g/mol. The minimum atomic E-state index is -0.0483. The van der Waals surface area contributed by atoms with Crippen molar-refractivity contribution < 1.29 is 9.59 Å². The summed E-state index contributed by atoms with van der Waals surface area (Å²) in [7, 11) is 3.48. The summed E-state index contributed by atoms with van der Waals surface area (Å²) in [6, 6.07) is 5.91. The van der Waals surface area contributed by atoms with Crippen LogP contribution in [0.5, 0.6) is 0 Å². The number of hydrogen-bond acceptors (Lipinski definition) is 3. The first-order valence-corrected chi connectivity index (χ1v) is 9.08. The molecule has 0 saturated carbocycles. The number of urea groups is 1. The third kappa shape index (κ3) is 3.95. The zero-order chi connectivity index (χ0) is 18.0. The molecule has 1 aromatic rings. The van der Waals surface area contributed by atoms with E-state index in [1.165, 1.54) is 25.9 Å². The molecule has 3 amide bonds. The van der Waals surface area contributed by atoms with Crippen molar-refractivity contribution in [3.63, 3.8) is 0 Å². The second kappa shape index (κ2) is 7.44. The molecule has 1 aromatic carbocycles. The standard InChI is InChI=1S/C19H28N4O2/c1-14-12-15(6-7-17(14)18(24)21(2)3)20-19(25)23-11-8-16(13-23)22-9-4-5-10-22/h6-7,12,16H,4-5,8-11,13H2,1-3H3,(H,20,25)/t16-/m0/s1. The minimum absolute atomic E-state index is 0.0247. The van der Waals surface area contributed by atoms with Gasteiger partial charge in [0.2, 0.25) is 0 Å². The SMILES string of the molecule is Cc1cc(NC(=O)N2CC[C@H](N3CCCC3)C2)ccc1C(=O)N(C)C. The minimum Gasteiger partial charge on any atom is -0.345 e. The van der Waals surface area contributed by atoms with E-state index in [0.29, 0.717) is 11.6 Å². The van der Waals surface area contributed by atoms with E-state index in [1.807, 2.05) is 17.9 Å². The van der Waals surface area contributed by atoms with Gasteiger partial charge in [-0.15, -0.1) is 0 Å². The van der Waals surface area contributed by atoms with E-state index in [9.17, 15) is 9.59 Å². The zero-order valence-electron chi connectivity index (χ0n) is 15.4. The van der Waals surface area contributed by atoms with Crippen molar-refractivity contribution in [2.75, 3.05) is 45.6 Å². The van der Waals surface area contributed by atoms with Gasteiger partial charge in [0.25, 0.3) is 5.91 Å². The first kappa shape index (κ1) is 17.7. The van der Waals surface area contributed by atoms with Crippen molar-refractivity contribution in [3.8, 4) is 0 Å². The van der Waals surface area contributed by atoms with Crippen molar-refractivity contribution >= 4 is 17.6 Å². The molecule has 0 spiro atoms. The molecule has 3 rings (SSSR count). The Labute approximate surface area is 149 Å². The Morgan fingerprint density at radius 1 is 1.16 bits per heavy atom. The predicted octanol–water partition coefficient (Wildman–Crippen LogP) is 2.40. The summed E-state index contributed by atoms with van der Waals surface area (Å²) in [6.07, 6.45) is 3.61. The summed E-state index contributed by atoms with van der Waals surface area (Å²) in [5.41, 5.74) is 2.27. The molecule has 6 nitrogen and oxygen atoms in total. The fraction of sp³-hybridized carbons (Fsp3) is 0.579. The molecule has 0 radical (unpaired) electrons. The fourth-order valence-corrected chi connectivity index (χ4v) is 3.76. The number of benzene rings is 1. The molecule has 25 heavy (non-hydrogen) atoms. The van der Waals surface area contributed by atoms with Crippen LogP contribution in [0.15, 0.2) is 18.2 Å². The van der Waals surface area contributed by atoms with Crippen LogP contribution in [0.4, 0.5) is 10.5 Å². The van der Waals surface area contributed by atoms with Crippen LogP contribution < -0.4 is 5.32 Å². The molecule has 1 N–H and O–H groups in total. The van der Waals surface area contributed by atoms with Crippen molar-refractivity contribution in [2.45, 2.75) is 32.2 Å². The summed E-state index contributed by atoms with van der Waals surface area (Å²) >= 11 is 0. The van der Waals surface area contributed by atoms with Gasteiger partial charge >= 0.3 is 6.03 Å². The van der Waals surface area contributed by atoms with E-state index in [4.69, 9.17) is 0 Å². The molecule has 1 atom stereocenters. The quantitative estimate of drug-likeness (QED) is 0.916.